The van der Waals surface area contributed by atoms with E-state index in [9.17, 15) is 20.1 Å². The van der Waals surface area contributed by atoms with E-state index in [0.717, 1.165) is 74.8 Å². The molecule has 3 N–H and O–H groups in total. The number of hydrogen-bond donors (Lipinski definition) is 3. The van der Waals surface area contributed by atoms with Gasteiger partial charge in [-0.15, -0.1) is 0 Å². The summed E-state index contributed by atoms with van der Waals surface area (Å²) in [7, 11) is 0. The molecular weight excluding hydrogens is 474 g/mol. The maximum atomic E-state index is 12.3. The monoisotopic (exact) mass is 519 g/mol. The predicted octanol–water partition coefficient (Wildman–Crippen LogP) is 6.13. The Bertz CT molecular complexity index is 1100. The van der Waals surface area contributed by atoms with Gasteiger partial charge < -0.3 is 20.2 Å². The number of carboxylic acids is 1. The molecule has 0 bridgehead atoms. The molecule has 2 aliphatic rings. The van der Waals surface area contributed by atoms with Crippen molar-refractivity contribution in [2.45, 2.75) is 82.8 Å². The summed E-state index contributed by atoms with van der Waals surface area (Å²) in [6.07, 6.45) is 10.7. The summed E-state index contributed by atoms with van der Waals surface area (Å²) >= 11 is 0. The molecular formula is C33H45NO4. The lowest BCUT2D eigenvalue weighted by Crippen LogP contribution is -2.48. The summed E-state index contributed by atoms with van der Waals surface area (Å²) in [5.74, 6) is -0.467. The van der Waals surface area contributed by atoms with Crippen molar-refractivity contribution in [1.82, 2.24) is 4.90 Å². The smallest absolute Gasteiger partial charge is 0.313 e. The first-order valence-corrected chi connectivity index (χ1v) is 14.3. The van der Waals surface area contributed by atoms with E-state index in [1.807, 2.05) is 24.3 Å². The number of hydrogen-bond acceptors (Lipinski definition) is 4. The van der Waals surface area contributed by atoms with Crippen molar-refractivity contribution in [3.05, 3.63) is 82.9 Å². The third-order valence-electron chi connectivity index (χ3n) is 9.11. The molecule has 1 saturated heterocycles. The van der Waals surface area contributed by atoms with Crippen molar-refractivity contribution in [2.75, 3.05) is 19.6 Å². The summed E-state index contributed by atoms with van der Waals surface area (Å²) in [5.41, 5.74) is 2.05. The van der Waals surface area contributed by atoms with Crippen LogP contribution in [-0.4, -0.2) is 45.8 Å². The van der Waals surface area contributed by atoms with E-state index in [0.29, 0.717) is 6.42 Å². The van der Waals surface area contributed by atoms with Gasteiger partial charge in [-0.2, -0.15) is 0 Å². The first kappa shape index (κ1) is 28.5. The number of aliphatic hydroxyl groups is 2. The molecule has 38 heavy (non-hydrogen) atoms. The Balaban J connectivity index is 1.32. The van der Waals surface area contributed by atoms with Crippen LogP contribution in [0.1, 0.15) is 87.2 Å². The Kier molecular flexibility index (Phi) is 9.12. The van der Waals surface area contributed by atoms with Crippen molar-refractivity contribution in [1.29, 1.82) is 0 Å². The summed E-state index contributed by atoms with van der Waals surface area (Å²) < 4.78 is 0. The molecule has 206 valence electrons. The second-order valence-corrected chi connectivity index (χ2v) is 11.9. The molecule has 4 rings (SSSR count). The third-order valence-corrected chi connectivity index (χ3v) is 9.11. The number of allylic oxidation sites excluding steroid dienone is 1. The fourth-order valence-electron chi connectivity index (χ4n) is 6.44. The number of piperidine rings is 1. The first-order chi connectivity index (χ1) is 18.1. The first-order valence-electron chi connectivity index (χ1n) is 14.3. The van der Waals surface area contributed by atoms with Crippen LogP contribution in [0.2, 0.25) is 0 Å². The molecule has 2 aromatic carbocycles. The highest BCUT2D eigenvalue weighted by atomic mass is 16.4. The van der Waals surface area contributed by atoms with E-state index in [4.69, 9.17) is 0 Å². The number of aliphatic carboxylic acids is 1. The van der Waals surface area contributed by atoms with Gasteiger partial charge in [0.15, 0.2) is 0 Å². The van der Waals surface area contributed by atoms with Crippen molar-refractivity contribution >= 4 is 5.97 Å². The maximum absolute atomic E-state index is 12.3. The molecule has 3 unspecified atom stereocenters. The predicted molar refractivity (Wildman–Crippen MR) is 152 cm³/mol. The highest BCUT2D eigenvalue weighted by Crippen LogP contribution is 2.46. The highest BCUT2D eigenvalue weighted by molar-refractivity contribution is 5.80. The molecule has 1 fully saturated rings. The van der Waals surface area contributed by atoms with Gasteiger partial charge in [-0.1, -0.05) is 60.7 Å². The largest absolute Gasteiger partial charge is 0.481 e. The van der Waals surface area contributed by atoms with Gasteiger partial charge in [-0.05, 0) is 114 Å². The Morgan fingerprint density at radius 2 is 1.74 bits per heavy atom. The zero-order valence-electron chi connectivity index (χ0n) is 23.3. The van der Waals surface area contributed by atoms with Gasteiger partial charge in [-0.25, -0.2) is 0 Å². The van der Waals surface area contributed by atoms with Crippen LogP contribution in [0.4, 0.5) is 0 Å². The fourth-order valence-corrected chi connectivity index (χ4v) is 6.44. The minimum absolute atomic E-state index is 0.163. The highest BCUT2D eigenvalue weighted by Gasteiger charge is 2.46. The van der Waals surface area contributed by atoms with E-state index in [1.165, 1.54) is 5.56 Å². The molecule has 3 atom stereocenters. The van der Waals surface area contributed by atoms with Crippen LogP contribution >= 0.6 is 0 Å². The zero-order valence-corrected chi connectivity index (χ0v) is 23.3. The molecule has 0 saturated carbocycles. The number of aliphatic hydroxyl groups excluding tert-OH is 1. The minimum Gasteiger partial charge on any atom is -0.481 e. The van der Waals surface area contributed by atoms with Crippen LogP contribution in [0.25, 0.3) is 0 Å². The van der Waals surface area contributed by atoms with Gasteiger partial charge in [0.2, 0.25) is 0 Å². The van der Waals surface area contributed by atoms with Crippen molar-refractivity contribution in [2.24, 2.45) is 11.8 Å². The molecule has 0 spiro atoms. The lowest BCUT2D eigenvalue weighted by atomic mass is 9.65. The van der Waals surface area contributed by atoms with Gasteiger partial charge >= 0.3 is 5.97 Å². The number of aryl methyl sites for hydroxylation is 1. The van der Waals surface area contributed by atoms with Crippen LogP contribution in [0.3, 0.4) is 0 Å². The lowest BCUT2D eigenvalue weighted by molar-refractivity contribution is -0.142. The minimum atomic E-state index is -0.950. The van der Waals surface area contributed by atoms with Crippen molar-refractivity contribution in [3.8, 4) is 0 Å². The lowest BCUT2D eigenvalue weighted by Gasteiger charge is -2.46. The molecule has 5 nitrogen and oxygen atoms in total. The van der Waals surface area contributed by atoms with Crippen LogP contribution in [0.15, 0.2) is 60.7 Å². The summed E-state index contributed by atoms with van der Waals surface area (Å²) in [6.45, 7) is 8.36. The van der Waals surface area contributed by atoms with Gasteiger partial charge in [0.25, 0.3) is 0 Å². The molecule has 5 heteroatoms. The Morgan fingerprint density at radius 1 is 1.05 bits per heavy atom. The summed E-state index contributed by atoms with van der Waals surface area (Å²) in [5, 5.41) is 32.5. The van der Waals surface area contributed by atoms with Gasteiger partial charge in [0, 0.05) is 5.92 Å². The molecule has 0 amide bonds. The molecule has 1 heterocycles. The van der Waals surface area contributed by atoms with E-state index in [2.05, 4.69) is 48.2 Å². The molecule has 1 aliphatic heterocycles. The molecule has 0 aromatic heterocycles. The van der Waals surface area contributed by atoms with Crippen LogP contribution in [0.5, 0.6) is 0 Å². The maximum Gasteiger partial charge on any atom is 0.313 e. The number of nitrogens with zero attached hydrogens (tertiary/aromatic N) is 1. The third kappa shape index (κ3) is 6.06. The topological polar surface area (TPSA) is 81.0 Å². The zero-order chi connectivity index (χ0) is 27.3. The van der Waals surface area contributed by atoms with Crippen molar-refractivity contribution in [3.63, 3.8) is 0 Å². The molecule has 2 aromatic rings. The number of benzene rings is 2. The van der Waals surface area contributed by atoms with E-state index >= 15 is 0 Å². The number of rotatable bonds is 10. The summed E-state index contributed by atoms with van der Waals surface area (Å²) in [6, 6.07) is 15.7. The normalized spacial score (nSPS) is 21.7. The van der Waals surface area contributed by atoms with Gasteiger partial charge in [0.1, 0.15) is 0 Å². The Hall–Kier alpha value is -2.47. The second kappa shape index (κ2) is 12.1. The standard InChI is InChI=1S/C33H45NO4/c1-24-10-7-8-13-29(24)33(38,27-11-5-4-6-12-27)28-19-22-34(23-20-28)21-9-14-30(35)25-15-17-26(18-16-25)32(2,3)31(36)37/h5,7-8,10-11,13,15-18,27-28,30,35,38H,4,6,9,12,14,19-23H2,1-3H3,(H,36,37). The number of carboxylic acid groups (broad SMARTS) is 1. The average Bonchev–Trinajstić information content (AvgIpc) is 2.93. The molecule has 1 aliphatic carbocycles. The van der Waals surface area contributed by atoms with Gasteiger partial charge in [0.05, 0.1) is 17.1 Å². The van der Waals surface area contributed by atoms with Crippen LogP contribution in [-0.2, 0) is 15.8 Å². The number of carbonyl (C=O) groups is 1. The van der Waals surface area contributed by atoms with Crippen LogP contribution < -0.4 is 0 Å². The Labute approximate surface area is 228 Å². The second-order valence-electron chi connectivity index (χ2n) is 11.9. The van der Waals surface area contributed by atoms with Crippen LogP contribution in [0, 0.1) is 18.8 Å². The van der Waals surface area contributed by atoms with E-state index < -0.39 is 23.1 Å². The quantitative estimate of drug-likeness (QED) is 0.329. The molecule has 0 radical (unpaired) electrons. The van der Waals surface area contributed by atoms with Crippen molar-refractivity contribution < 1.29 is 20.1 Å². The van der Waals surface area contributed by atoms with E-state index in [-0.39, 0.29) is 11.8 Å². The van der Waals surface area contributed by atoms with Gasteiger partial charge in [-0.3, -0.25) is 4.79 Å². The summed E-state index contributed by atoms with van der Waals surface area (Å²) in [4.78, 5) is 14.0. The fraction of sp³-hybridized carbons (Fsp3) is 0.545. The number of likely N-dealkylation sites (tertiary alicyclic amines) is 1. The SMILES string of the molecule is Cc1ccccc1C(O)(C1C=CCCC1)C1CCN(CCCC(O)c2ccc(C(C)(C)C(=O)O)cc2)CC1. The average molecular weight is 520 g/mol. The Morgan fingerprint density at radius 3 is 2.34 bits per heavy atom. The van der Waals surface area contributed by atoms with E-state index in [1.54, 1.807) is 13.8 Å².